The summed E-state index contributed by atoms with van der Waals surface area (Å²) in [7, 11) is 0. The minimum absolute atomic E-state index is 0.924. The highest BCUT2D eigenvalue weighted by Crippen LogP contribution is 1.96. The lowest BCUT2D eigenvalue weighted by Gasteiger charge is -1.83. The molecule has 0 radical (unpaired) electrons. The molecule has 16 heavy (non-hydrogen) atoms. The molecule has 0 N–H and O–H groups in total. The van der Waals surface area contributed by atoms with Crippen molar-refractivity contribution in [1.82, 2.24) is 0 Å². The summed E-state index contributed by atoms with van der Waals surface area (Å²) in [5.41, 5.74) is 1.95. The standard InChI is InChI=1S/C14H11N2/c1-3-7-13(8-4-1)11-15-16-12-14-9-5-2-6-10-14/h1-11H/q+1. The van der Waals surface area contributed by atoms with E-state index in [1.54, 1.807) is 6.21 Å². The number of hydrogen-bond donors (Lipinski definition) is 0. The topological polar surface area (TPSA) is 16.7 Å². The Balaban J connectivity index is 2.03. The summed E-state index contributed by atoms with van der Waals surface area (Å²) in [6.07, 6.45) is 1.70. The Hall–Kier alpha value is -2.40. The first-order valence-corrected chi connectivity index (χ1v) is 5.04. The molecule has 2 rings (SSSR count). The van der Waals surface area contributed by atoms with E-state index in [0.29, 0.717) is 0 Å². The quantitative estimate of drug-likeness (QED) is 0.503. The van der Waals surface area contributed by atoms with Gasteiger partial charge in [0.1, 0.15) is 21.8 Å². The zero-order valence-corrected chi connectivity index (χ0v) is 8.75. The summed E-state index contributed by atoms with van der Waals surface area (Å²) in [6.45, 7) is 0. The van der Waals surface area contributed by atoms with Gasteiger partial charge in [0.05, 0.1) is 0 Å². The number of hydrogen-bond acceptors (Lipinski definition) is 1. The average molecular weight is 207 g/mol. The molecule has 2 nitrogen and oxygen atoms in total. The fourth-order valence-corrected chi connectivity index (χ4v) is 1.23. The smallest absolute Gasteiger partial charge is 0.0622 e. The summed E-state index contributed by atoms with van der Waals surface area (Å²) >= 11 is 0. The van der Waals surface area contributed by atoms with Crippen LogP contribution in [0.3, 0.4) is 0 Å². The first kappa shape index (κ1) is 10.1. The molecule has 0 bridgehead atoms. The van der Waals surface area contributed by atoms with Crippen molar-refractivity contribution in [1.29, 1.82) is 0 Å². The van der Waals surface area contributed by atoms with Gasteiger partial charge in [0.15, 0.2) is 0 Å². The lowest BCUT2D eigenvalue weighted by Crippen LogP contribution is -1.76. The minimum Gasteiger partial charge on any atom is -0.0622 e. The lowest BCUT2D eigenvalue weighted by atomic mass is 10.2. The van der Waals surface area contributed by atoms with Crippen LogP contribution >= 0.6 is 0 Å². The van der Waals surface area contributed by atoms with Crippen LogP contribution in [0.1, 0.15) is 11.1 Å². The maximum Gasteiger partial charge on any atom is 0.360 e. The van der Waals surface area contributed by atoms with Crippen LogP contribution in [0.2, 0.25) is 0 Å². The van der Waals surface area contributed by atoms with Crippen molar-refractivity contribution < 1.29 is 0 Å². The van der Waals surface area contributed by atoms with E-state index >= 15 is 0 Å². The molecule has 0 unspecified atom stereocenters. The van der Waals surface area contributed by atoms with Gasteiger partial charge in [0.2, 0.25) is 0 Å². The first-order chi connectivity index (χ1) is 7.95. The van der Waals surface area contributed by atoms with Gasteiger partial charge in [-0.15, -0.1) is 0 Å². The molecule has 0 saturated heterocycles. The predicted molar refractivity (Wildman–Crippen MR) is 66.8 cm³/mol. The van der Waals surface area contributed by atoms with Crippen molar-refractivity contribution >= 4 is 6.21 Å². The van der Waals surface area contributed by atoms with E-state index in [1.807, 2.05) is 60.7 Å². The summed E-state index contributed by atoms with van der Waals surface area (Å²) in [6, 6.07) is 22.4. The minimum atomic E-state index is 0.924. The SMILES string of the molecule is C(#[N+]N=Cc1ccccc1)c1ccccc1. The third-order valence-electron chi connectivity index (χ3n) is 2.02. The normalized spacial score (nSPS) is 9.75. The van der Waals surface area contributed by atoms with Crippen LogP contribution in [0.25, 0.3) is 4.95 Å². The monoisotopic (exact) mass is 207 g/mol. The molecular formula is C14H11N2+. The zero-order chi connectivity index (χ0) is 11.1. The van der Waals surface area contributed by atoms with Crippen LogP contribution in [0.4, 0.5) is 0 Å². The van der Waals surface area contributed by atoms with Crippen LogP contribution in [0, 0.1) is 6.07 Å². The lowest BCUT2D eigenvalue weighted by molar-refractivity contribution is 1.55. The van der Waals surface area contributed by atoms with Crippen LogP contribution < -0.4 is 0 Å². The van der Waals surface area contributed by atoms with Crippen molar-refractivity contribution in [2.75, 3.05) is 0 Å². The van der Waals surface area contributed by atoms with Crippen molar-refractivity contribution in [3.8, 4) is 6.07 Å². The Morgan fingerprint density at radius 3 is 2.19 bits per heavy atom. The maximum atomic E-state index is 3.93. The molecular weight excluding hydrogens is 196 g/mol. The average Bonchev–Trinajstić information content (AvgIpc) is 2.37. The van der Waals surface area contributed by atoms with E-state index in [1.165, 1.54) is 0 Å². The van der Waals surface area contributed by atoms with Gasteiger partial charge in [-0.3, -0.25) is 0 Å². The molecule has 2 aromatic carbocycles. The predicted octanol–water partition coefficient (Wildman–Crippen LogP) is 3.40. The van der Waals surface area contributed by atoms with Gasteiger partial charge in [0, 0.05) is 0 Å². The maximum absolute atomic E-state index is 3.93. The molecule has 2 aromatic rings. The molecule has 76 valence electrons. The van der Waals surface area contributed by atoms with Crippen LogP contribution in [-0.4, -0.2) is 6.21 Å². The van der Waals surface area contributed by atoms with Gasteiger partial charge in [0.25, 0.3) is 0 Å². The van der Waals surface area contributed by atoms with Gasteiger partial charge in [-0.2, -0.15) is 0 Å². The second-order valence-corrected chi connectivity index (χ2v) is 3.23. The Bertz CT molecular complexity index is 519. The van der Waals surface area contributed by atoms with E-state index < -0.39 is 0 Å². The summed E-state index contributed by atoms with van der Waals surface area (Å²) in [5, 5.41) is 3.93. The van der Waals surface area contributed by atoms with Gasteiger partial charge >= 0.3 is 6.07 Å². The van der Waals surface area contributed by atoms with Crippen LogP contribution in [0.5, 0.6) is 0 Å². The highest BCUT2D eigenvalue weighted by molar-refractivity contribution is 5.79. The molecule has 0 aliphatic rings. The molecule has 0 aromatic heterocycles. The molecule has 0 atom stereocenters. The molecule has 2 heteroatoms. The van der Waals surface area contributed by atoms with Crippen molar-refractivity contribution in [2.24, 2.45) is 5.10 Å². The highest BCUT2D eigenvalue weighted by Gasteiger charge is 1.91. The summed E-state index contributed by atoms with van der Waals surface area (Å²) in [5.74, 6) is 0. The fourth-order valence-electron chi connectivity index (χ4n) is 1.23. The van der Waals surface area contributed by atoms with Crippen molar-refractivity contribution in [3.05, 3.63) is 76.7 Å². The second-order valence-electron chi connectivity index (χ2n) is 3.23. The van der Waals surface area contributed by atoms with Gasteiger partial charge in [-0.25, -0.2) is 0 Å². The third-order valence-corrected chi connectivity index (χ3v) is 2.02. The number of rotatable bonds is 1. The van der Waals surface area contributed by atoms with Gasteiger partial charge in [-0.05, 0) is 17.7 Å². The highest BCUT2D eigenvalue weighted by atomic mass is 15.2. The molecule has 0 amide bonds. The number of benzene rings is 2. The van der Waals surface area contributed by atoms with Gasteiger partial charge < -0.3 is 0 Å². The van der Waals surface area contributed by atoms with E-state index in [-0.39, 0.29) is 0 Å². The van der Waals surface area contributed by atoms with Crippen molar-refractivity contribution in [2.45, 2.75) is 0 Å². The molecule has 0 fully saturated rings. The van der Waals surface area contributed by atoms with Gasteiger partial charge in [-0.1, -0.05) is 48.5 Å². The Morgan fingerprint density at radius 2 is 1.50 bits per heavy atom. The Morgan fingerprint density at radius 1 is 0.875 bits per heavy atom. The second kappa shape index (κ2) is 5.47. The first-order valence-electron chi connectivity index (χ1n) is 5.04. The number of nitrogens with zero attached hydrogens (tertiary/aromatic N) is 2. The zero-order valence-electron chi connectivity index (χ0n) is 8.75. The fraction of sp³-hybridized carbons (Fsp3) is 0. The molecule has 0 saturated carbocycles. The van der Waals surface area contributed by atoms with E-state index in [4.69, 9.17) is 0 Å². The largest absolute Gasteiger partial charge is 0.360 e. The molecule has 0 aliphatic carbocycles. The Kier molecular flexibility index (Phi) is 3.47. The summed E-state index contributed by atoms with van der Waals surface area (Å²) in [4.78, 5) is 3.86. The van der Waals surface area contributed by atoms with Crippen LogP contribution in [0.15, 0.2) is 65.8 Å². The molecule has 0 heterocycles. The van der Waals surface area contributed by atoms with Crippen LogP contribution in [-0.2, 0) is 0 Å². The summed E-state index contributed by atoms with van der Waals surface area (Å²) < 4.78 is 0. The third kappa shape index (κ3) is 3.07. The van der Waals surface area contributed by atoms with E-state index in [0.717, 1.165) is 11.1 Å². The van der Waals surface area contributed by atoms with Crippen molar-refractivity contribution in [3.63, 3.8) is 0 Å². The Labute approximate surface area is 94.7 Å². The van der Waals surface area contributed by atoms with E-state index in [2.05, 4.69) is 16.1 Å². The van der Waals surface area contributed by atoms with E-state index in [9.17, 15) is 0 Å². The molecule has 0 spiro atoms. The molecule has 0 aliphatic heterocycles.